The molecule has 1 aliphatic rings. The Bertz CT molecular complexity index is 424. The average Bonchev–Trinajstić information content (AvgIpc) is 2.79. The number of nitrogens with two attached hydrogens (primary N) is 1. The summed E-state index contributed by atoms with van der Waals surface area (Å²) in [7, 11) is 0. The normalized spacial score (nSPS) is 21.8. The van der Waals surface area contributed by atoms with Crippen molar-refractivity contribution in [2.24, 2.45) is 11.7 Å². The number of carbonyl (C=O) groups excluding carboxylic acids is 1. The summed E-state index contributed by atoms with van der Waals surface area (Å²) in [5.74, 6) is -0.160. The minimum absolute atomic E-state index is 0. The van der Waals surface area contributed by atoms with Crippen LogP contribution in [0.5, 0.6) is 0 Å². The van der Waals surface area contributed by atoms with Crippen LogP contribution in [0.4, 0.5) is 10.1 Å². The number of nitrogens with zero attached hydrogens (tertiary/aromatic N) is 1. The van der Waals surface area contributed by atoms with E-state index in [1.54, 1.807) is 17.0 Å². The predicted octanol–water partition coefficient (Wildman–Crippen LogP) is 2.73. The Balaban J connectivity index is 0.00000180. The Morgan fingerprint density at radius 3 is 2.47 bits per heavy atom. The summed E-state index contributed by atoms with van der Waals surface area (Å²) in [5, 5.41) is 0. The van der Waals surface area contributed by atoms with E-state index in [0.717, 1.165) is 24.9 Å². The van der Waals surface area contributed by atoms with Crippen molar-refractivity contribution in [3.63, 3.8) is 0 Å². The van der Waals surface area contributed by atoms with Gasteiger partial charge in [-0.2, -0.15) is 0 Å². The van der Waals surface area contributed by atoms with Gasteiger partial charge in [0.25, 0.3) is 0 Å². The molecule has 2 rings (SSSR count). The molecule has 2 atom stereocenters. The molecule has 1 aliphatic carbocycles. The maximum atomic E-state index is 12.9. The minimum atomic E-state index is -0.287. The van der Waals surface area contributed by atoms with Crippen molar-refractivity contribution in [2.75, 3.05) is 11.4 Å². The zero-order chi connectivity index (χ0) is 13.1. The molecule has 19 heavy (non-hydrogen) atoms. The van der Waals surface area contributed by atoms with Crippen molar-refractivity contribution in [3.05, 3.63) is 30.1 Å². The highest BCUT2D eigenvalue weighted by Gasteiger charge is 2.31. The van der Waals surface area contributed by atoms with E-state index in [0.29, 0.717) is 6.54 Å². The number of hydrogen-bond acceptors (Lipinski definition) is 2. The quantitative estimate of drug-likeness (QED) is 0.929. The monoisotopic (exact) mass is 286 g/mol. The largest absolute Gasteiger partial charge is 0.328 e. The second kappa shape index (κ2) is 6.87. The molecule has 1 aromatic carbocycles. The fourth-order valence-corrected chi connectivity index (χ4v) is 2.55. The van der Waals surface area contributed by atoms with Gasteiger partial charge in [-0.05, 0) is 50.5 Å². The lowest BCUT2D eigenvalue weighted by Gasteiger charge is -2.24. The summed E-state index contributed by atoms with van der Waals surface area (Å²) in [6.07, 6.45) is 2.53. The van der Waals surface area contributed by atoms with E-state index < -0.39 is 0 Å². The third-order valence-corrected chi connectivity index (χ3v) is 3.54. The van der Waals surface area contributed by atoms with Gasteiger partial charge in [-0.1, -0.05) is 0 Å². The second-order valence-electron chi connectivity index (χ2n) is 4.83. The molecule has 1 amide bonds. The van der Waals surface area contributed by atoms with E-state index >= 15 is 0 Å². The van der Waals surface area contributed by atoms with Crippen molar-refractivity contribution in [2.45, 2.75) is 32.2 Å². The SMILES string of the molecule is CCN(C(=O)C1CCC(N)C1)c1ccc(F)cc1.Cl. The molecule has 3 nitrogen and oxygen atoms in total. The Kier molecular flexibility index (Phi) is 5.76. The van der Waals surface area contributed by atoms with Gasteiger partial charge in [0.05, 0.1) is 0 Å². The lowest BCUT2D eigenvalue weighted by Crippen LogP contribution is -2.35. The lowest BCUT2D eigenvalue weighted by atomic mass is 10.1. The molecule has 1 fully saturated rings. The summed E-state index contributed by atoms with van der Waals surface area (Å²) < 4.78 is 12.9. The molecule has 0 saturated heterocycles. The summed E-state index contributed by atoms with van der Waals surface area (Å²) in [6.45, 7) is 2.52. The molecule has 2 unspecified atom stereocenters. The fraction of sp³-hybridized carbons (Fsp3) is 0.500. The number of amides is 1. The predicted molar refractivity (Wildman–Crippen MR) is 77.0 cm³/mol. The summed E-state index contributed by atoms with van der Waals surface area (Å²) in [4.78, 5) is 14.1. The molecule has 1 aromatic rings. The number of halogens is 2. The van der Waals surface area contributed by atoms with Gasteiger partial charge in [-0.3, -0.25) is 4.79 Å². The molecule has 0 aliphatic heterocycles. The minimum Gasteiger partial charge on any atom is -0.328 e. The van der Waals surface area contributed by atoms with Crippen molar-refractivity contribution < 1.29 is 9.18 Å². The van der Waals surface area contributed by atoms with Crippen LogP contribution in [0.15, 0.2) is 24.3 Å². The number of benzene rings is 1. The third kappa shape index (κ3) is 3.67. The molecule has 1 saturated carbocycles. The molecule has 106 valence electrons. The molecule has 0 heterocycles. The molecular weight excluding hydrogens is 267 g/mol. The maximum absolute atomic E-state index is 12.9. The van der Waals surface area contributed by atoms with Gasteiger partial charge < -0.3 is 10.6 Å². The second-order valence-corrected chi connectivity index (χ2v) is 4.83. The van der Waals surface area contributed by atoms with Gasteiger partial charge in [-0.15, -0.1) is 12.4 Å². The van der Waals surface area contributed by atoms with Crippen molar-refractivity contribution in [3.8, 4) is 0 Å². The van der Waals surface area contributed by atoms with Crippen LogP contribution in [0, 0.1) is 11.7 Å². The van der Waals surface area contributed by atoms with Gasteiger partial charge in [0.1, 0.15) is 5.82 Å². The Morgan fingerprint density at radius 2 is 2.00 bits per heavy atom. The topological polar surface area (TPSA) is 46.3 Å². The standard InChI is InChI=1S/C14H19FN2O.ClH/c1-2-17(13-7-4-11(15)5-8-13)14(18)10-3-6-12(16)9-10;/h4-5,7-8,10,12H,2-3,6,9,16H2,1H3;1H. The molecule has 0 aromatic heterocycles. The molecular formula is C14H20ClFN2O. The van der Waals surface area contributed by atoms with E-state index in [-0.39, 0.29) is 36.1 Å². The van der Waals surface area contributed by atoms with Gasteiger partial charge in [0, 0.05) is 24.2 Å². The Hall–Kier alpha value is -1.13. The number of rotatable bonds is 3. The first-order chi connectivity index (χ1) is 8.61. The number of carbonyl (C=O) groups is 1. The summed E-state index contributed by atoms with van der Waals surface area (Å²) in [5.41, 5.74) is 6.60. The molecule has 0 spiro atoms. The Morgan fingerprint density at radius 1 is 1.37 bits per heavy atom. The van der Waals surface area contributed by atoms with Crippen LogP contribution >= 0.6 is 12.4 Å². The zero-order valence-electron chi connectivity index (χ0n) is 11.0. The van der Waals surface area contributed by atoms with Crippen LogP contribution in [0.2, 0.25) is 0 Å². The van der Waals surface area contributed by atoms with Crippen LogP contribution in [-0.4, -0.2) is 18.5 Å². The van der Waals surface area contributed by atoms with E-state index in [1.165, 1.54) is 12.1 Å². The smallest absolute Gasteiger partial charge is 0.230 e. The zero-order valence-corrected chi connectivity index (χ0v) is 11.8. The highest BCUT2D eigenvalue weighted by Crippen LogP contribution is 2.28. The van der Waals surface area contributed by atoms with Gasteiger partial charge >= 0.3 is 0 Å². The number of anilines is 1. The van der Waals surface area contributed by atoms with Crippen molar-refractivity contribution in [1.82, 2.24) is 0 Å². The van der Waals surface area contributed by atoms with Crippen LogP contribution in [0.3, 0.4) is 0 Å². The first kappa shape index (κ1) is 15.9. The van der Waals surface area contributed by atoms with E-state index in [2.05, 4.69) is 0 Å². The van der Waals surface area contributed by atoms with Gasteiger partial charge in [-0.25, -0.2) is 4.39 Å². The third-order valence-electron chi connectivity index (χ3n) is 3.54. The van der Waals surface area contributed by atoms with Gasteiger partial charge in [0.15, 0.2) is 0 Å². The van der Waals surface area contributed by atoms with Crippen molar-refractivity contribution in [1.29, 1.82) is 0 Å². The highest BCUT2D eigenvalue weighted by atomic mass is 35.5. The van der Waals surface area contributed by atoms with Crippen LogP contribution in [0.25, 0.3) is 0 Å². The fourth-order valence-electron chi connectivity index (χ4n) is 2.55. The van der Waals surface area contributed by atoms with Crippen LogP contribution < -0.4 is 10.6 Å². The molecule has 2 N–H and O–H groups in total. The lowest BCUT2D eigenvalue weighted by molar-refractivity contribution is -0.122. The van der Waals surface area contributed by atoms with E-state index in [4.69, 9.17) is 5.73 Å². The first-order valence-electron chi connectivity index (χ1n) is 6.44. The first-order valence-corrected chi connectivity index (χ1v) is 6.44. The van der Waals surface area contributed by atoms with Crippen LogP contribution in [-0.2, 0) is 4.79 Å². The molecule has 5 heteroatoms. The summed E-state index contributed by atoms with van der Waals surface area (Å²) >= 11 is 0. The summed E-state index contributed by atoms with van der Waals surface area (Å²) in [6, 6.07) is 6.19. The maximum Gasteiger partial charge on any atom is 0.230 e. The average molecular weight is 287 g/mol. The van der Waals surface area contributed by atoms with E-state index in [1.807, 2.05) is 6.92 Å². The number of hydrogen-bond donors (Lipinski definition) is 1. The van der Waals surface area contributed by atoms with E-state index in [9.17, 15) is 9.18 Å². The molecule has 0 radical (unpaired) electrons. The van der Waals surface area contributed by atoms with Crippen LogP contribution in [0.1, 0.15) is 26.2 Å². The Labute approximate surface area is 119 Å². The van der Waals surface area contributed by atoms with Gasteiger partial charge in [0.2, 0.25) is 5.91 Å². The highest BCUT2D eigenvalue weighted by molar-refractivity contribution is 5.95. The molecule has 0 bridgehead atoms. The van der Waals surface area contributed by atoms with Crippen molar-refractivity contribution >= 4 is 24.0 Å².